The fourth-order valence-electron chi connectivity index (χ4n) is 3.11. The first-order chi connectivity index (χ1) is 12.1. The van der Waals surface area contributed by atoms with Gasteiger partial charge in [-0.05, 0) is 62.6 Å². The normalized spacial score (nSPS) is 20.6. The lowest BCUT2D eigenvalue weighted by Crippen LogP contribution is -2.30. The predicted molar refractivity (Wildman–Crippen MR) is 99.3 cm³/mol. The molecule has 0 heterocycles. The summed E-state index contributed by atoms with van der Waals surface area (Å²) in [5.74, 6) is 0.465. The van der Waals surface area contributed by atoms with Gasteiger partial charge < -0.3 is 16.0 Å². The van der Waals surface area contributed by atoms with E-state index in [4.69, 9.17) is 0 Å². The van der Waals surface area contributed by atoms with E-state index >= 15 is 0 Å². The summed E-state index contributed by atoms with van der Waals surface area (Å²) in [6, 6.07) is 7.76. The zero-order chi connectivity index (χ0) is 17.6. The maximum absolute atomic E-state index is 12.2. The number of allylic oxidation sites excluding steroid dienone is 2. The zero-order valence-electron chi connectivity index (χ0n) is 14.8. The van der Waals surface area contributed by atoms with Crippen LogP contribution in [0.1, 0.15) is 57.1 Å². The predicted octanol–water partition coefficient (Wildman–Crippen LogP) is 3.89. The van der Waals surface area contributed by atoms with E-state index in [-0.39, 0.29) is 18.0 Å². The van der Waals surface area contributed by atoms with Gasteiger partial charge in [0.2, 0.25) is 5.91 Å². The minimum Gasteiger partial charge on any atom is -0.350 e. The van der Waals surface area contributed by atoms with E-state index in [9.17, 15) is 9.59 Å². The van der Waals surface area contributed by atoms with Crippen molar-refractivity contribution in [2.75, 3.05) is 5.32 Å². The first-order valence-corrected chi connectivity index (χ1v) is 9.23. The van der Waals surface area contributed by atoms with Crippen molar-refractivity contribution in [2.45, 2.75) is 57.5 Å². The van der Waals surface area contributed by atoms with Gasteiger partial charge in [-0.3, -0.25) is 4.79 Å². The van der Waals surface area contributed by atoms with E-state index in [1.54, 1.807) is 0 Å². The summed E-state index contributed by atoms with van der Waals surface area (Å²) in [6.45, 7) is 1.98. The third kappa shape index (κ3) is 5.62. The Morgan fingerprint density at radius 2 is 1.92 bits per heavy atom. The Balaban J connectivity index is 1.46. The number of hydrogen-bond acceptors (Lipinski definition) is 2. The van der Waals surface area contributed by atoms with Crippen LogP contribution in [0.15, 0.2) is 36.4 Å². The Labute approximate surface area is 149 Å². The molecule has 0 radical (unpaired) electrons. The molecule has 0 saturated heterocycles. The molecule has 1 saturated carbocycles. The molecule has 134 valence electrons. The highest BCUT2D eigenvalue weighted by Gasteiger charge is 2.23. The number of benzene rings is 1. The third-order valence-corrected chi connectivity index (χ3v) is 4.76. The molecule has 2 aliphatic carbocycles. The number of carbonyl (C=O) groups is 2. The van der Waals surface area contributed by atoms with Gasteiger partial charge in [-0.2, -0.15) is 0 Å². The molecule has 2 aliphatic rings. The van der Waals surface area contributed by atoms with Crippen molar-refractivity contribution in [2.24, 2.45) is 5.92 Å². The molecule has 5 heteroatoms. The largest absolute Gasteiger partial charge is 0.350 e. The van der Waals surface area contributed by atoms with Crippen LogP contribution in [0.5, 0.6) is 0 Å². The van der Waals surface area contributed by atoms with E-state index in [2.05, 4.69) is 28.1 Å². The minimum absolute atomic E-state index is 0.0468. The van der Waals surface area contributed by atoms with Crippen molar-refractivity contribution in [1.82, 2.24) is 10.6 Å². The van der Waals surface area contributed by atoms with Crippen LogP contribution in [0.2, 0.25) is 0 Å². The molecule has 3 rings (SSSR count). The number of rotatable bonds is 6. The molecule has 0 spiro atoms. The second-order valence-corrected chi connectivity index (χ2v) is 7.11. The molecule has 2 atom stereocenters. The van der Waals surface area contributed by atoms with Crippen LogP contribution in [0.4, 0.5) is 10.5 Å². The van der Waals surface area contributed by atoms with Gasteiger partial charge in [-0.1, -0.05) is 24.3 Å². The van der Waals surface area contributed by atoms with Gasteiger partial charge in [0, 0.05) is 18.2 Å². The highest BCUT2D eigenvalue weighted by atomic mass is 16.2. The Morgan fingerprint density at radius 3 is 2.56 bits per heavy atom. The highest BCUT2D eigenvalue weighted by molar-refractivity contribution is 5.89. The lowest BCUT2D eigenvalue weighted by Gasteiger charge is -2.19. The Kier molecular flexibility index (Phi) is 5.74. The Morgan fingerprint density at radius 1 is 1.16 bits per heavy atom. The maximum atomic E-state index is 12.2. The molecule has 0 aliphatic heterocycles. The van der Waals surface area contributed by atoms with E-state index < -0.39 is 0 Å². The van der Waals surface area contributed by atoms with Gasteiger partial charge in [-0.15, -0.1) is 0 Å². The number of urea groups is 1. The molecule has 3 N–H and O–H groups in total. The number of hydrogen-bond donors (Lipinski definition) is 3. The van der Waals surface area contributed by atoms with E-state index in [1.807, 2.05) is 31.2 Å². The number of carbonyl (C=O) groups excluding carboxylic acids is 2. The summed E-state index contributed by atoms with van der Waals surface area (Å²) in [7, 11) is 0. The Bertz CT molecular complexity index is 635. The van der Waals surface area contributed by atoms with Crippen molar-refractivity contribution in [1.29, 1.82) is 0 Å². The molecule has 0 bridgehead atoms. The number of anilines is 1. The maximum Gasteiger partial charge on any atom is 0.319 e. The second-order valence-electron chi connectivity index (χ2n) is 7.11. The monoisotopic (exact) mass is 341 g/mol. The summed E-state index contributed by atoms with van der Waals surface area (Å²) < 4.78 is 0. The fourth-order valence-corrected chi connectivity index (χ4v) is 3.11. The fraction of sp³-hybridized carbons (Fsp3) is 0.500. The highest BCUT2D eigenvalue weighted by Crippen LogP contribution is 2.22. The van der Waals surface area contributed by atoms with Gasteiger partial charge in [0.15, 0.2) is 0 Å². The molecule has 1 aromatic rings. The third-order valence-electron chi connectivity index (χ3n) is 4.76. The standard InChI is InChI=1S/C20H27N3O2/c1-14(21-19(24)13-15-5-3-2-4-6-15)16-7-9-17(10-8-16)22-20(25)23-18-11-12-18/h3,5,7-10,14-15,18H,2,4,6,11-13H2,1H3,(H,21,24)(H2,22,23,25)/t14-,15-/m0/s1. The number of nitrogens with one attached hydrogen (secondary N) is 3. The van der Waals surface area contributed by atoms with Crippen LogP contribution < -0.4 is 16.0 Å². The second kappa shape index (κ2) is 8.19. The van der Waals surface area contributed by atoms with E-state index in [1.165, 1.54) is 6.42 Å². The zero-order valence-corrected chi connectivity index (χ0v) is 14.8. The van der Waals surface area contributed by atoms with Crippen LogP contribution >= 0.6 is 0 Å². The SMILES string of the molecule is C[C@H](NC(=O)C[C@H]1C=CCCC1)c1ccc(NC(=O)NC2CC2)cc1. The van der Waals surface area contributed by atoms with Gasteiger partial charge in [-0.25, -0.2) is 4.79 Å². The van der Waals surface area contributed by atoms with Crippen LogP contribution in [0.25, 0.3) is 0 Å². The molecular formula is C20H27N3O2. The summed E-state index contributed by atoms with van der Waals surface area (Å²) in [4.78, 5) is 23.9. The molecule has 3 amide bonds. The van der Waals surface area contributed by atoms with Crippen LogP contribution in [0.3, 0.4) is 0 Å². The van der Waals surface area contributed by atoms with E-state index in [0.717, 1.165) is 36.9 Å². The average Bonchev–Trinajstić information content (AvgIpc) is 3.40. The Hall–Kier alpha value is -2.30. The molecule has 1 aromatic carbocycles. The van der Waals surface area contributed by atoms with Gasteiger partial charge in [0.25, 0.3) is 0 Å². The number of amides is 3. The average molecular weight is 341 g/mol. The first kappa shape index (κ1) is 17.5. The van der Waals surface area contributed by atoms with Crippen LogP contribution in [0, 0.1) is 5.92 Å². The van der Waals surface area contributed by atoms with E-state index in [0.29, 0.717) is 18.4 Å². The van der Waals surface area contributed by atoms with Gasteiger partial charge >= 0.3 is 6.03 Å². The van der Waals surface area contributed by atoms with Gasteiger partial charge in [0.1, 0.15) is 0 Å². The summed E-state index contributed by atoms with van der Waals surface area (Å²) in [5.41, 5.74) is 1.79. The van der Waals surface area contributed by atoms with Crippen molar-refractivity contribution in [3.63, 3.8) is 0 Å². The quantitative estimate of drug-likeness (QED) is 0.687. The summed E-state index contributed by atoms with van der Waals surface area (Å²) in [5, 5.41) is 8.79. The first-order valence-electron chi connectivity index (χ1n) is 9.23. The lowest BCUT2D eigenvalue weighted by atomic mass is 9.92. The molecule has 1 fully saturated rings. The van der Waals surface area contributed by atoms with Crippen LogP contribution in [-0.4, -0.2) is 18.0 Å². The van der Waals surface area contributed by atoms with Crippen LogP contribution in [-0.2, 0) is 4.79 Å². The summed E-state index contributed by atoms with van der Waals surface area (Å²) in [6.07, 6.45) is 10.4. The van der Waals surface area contributed by atoms with Gasteiger partial charge in [0.05, 0.1) is 6.04 Å². The van der Waals surface area contributed by atoms with Crippen molar-refractivity contribution in [3.05, 3.63) is 42.0 Å². The molecule has 0 aromatic heterocycles. The van der Waals surface area contributed by atoms with Crippen molar-refractivity contribution in [3.8, 4) is 0 Å². The molecule has 5 nitrogen and oxygen atoms in total. The van der Waals surface area contributed by atoms with Crippen molar-refractivity contribution >= 4 is 17.6 Å². The molecule has 25 heavy (non-hydrogen) atoms. The smallest absolute Gasteiger partial charge is 0.319 e. The molecule has 0 unspecified atom stereocenters. The molecular weight excluding hydrogens is 314 g/mol. The lowest BCUT2D eigenvalue weighted by molar-refractivity contribution is -0.122. The topological polar surface area (TPSA) is 70.2 Å². The van der Waals surface area contributed by atoms with Crippen molar-refractivity contribution < 1.29 is 9.59 Å². The summed E-state index contributed by atoms with van der Waals surface area (Å²) >= 11 is 0. The minimum atomic E-state index is -0.155.